The van der Waals surface area contributed by atoms with Gasteiger partial charge in [0.1, 0.15) is 6.04 Å². The van der Waals surface area contributed by atoms with Crippen molar-refractivity contribution in [3.8, 4) is 0 Å². The van der Waals surface area contributed by atoms with Crippen molar-refractivity contribution in [1.29, 1.82) is 0 Å². The van der Waals surface area contributed by atoms with Gasteiger partial charge in [-0.05, 0) is 44.7 Å². The highest BCUT2D eigenvalue weighted by Gasteiger charge is 2.33. The number of nitrogens with zero attached hydrogens (tertiary/aromatic N) is 1. The number of likely N-dealkylation sites (tertiary alicyclic amines) is 1. The Morgan fingerprint density at radius 1 is 1.28 bits per heavy atom. The Bertz CT molecular complexity index is 613. The van der Waals surface area contributed by atoms with Crippen molar-refractivity contribution in [3.05, 3.63) is 35.4 Å². The fraction of sp³-hybridized carbons (Fsp3) is 0.600. The number of rotatable bonds is 5. The molecule has 0 aromatic heterocycles. The van der Waals surface area contributed by atoms with Gasteiger partial charge >= 0.3 is 0 Å². The molecule has 2 N–H and O–H groups in total. The first kappa shape index (κ1) is 19.4. The molecule has 0 spiro atoms. The van der Waals surface area contributed by atoms with Gasteiger partial charge in [-0.3, -0.25) is 9.59 Å². The molecule has 0 aliphatic carbocycles. The highest BCUT2D eigenvalue weighted by atomic mass is 16.3. The summed E-state index contributed by atoms with van der Waals surface area (Å²) in [6.07, 6.45) is 1.40. The quantitative estimate of drug-likeness (QED) is 0.860. The van der Waals surface area contributed by atoms with Gasteiger partial charge in [-0.1, -0.05) is 31.5 Å². The Morgan fingerprint density at radius 2 is 2.00 bits per heavy atom. The lowest BCUT2D eigenvalue weighted by Crippen LogP contribution is -2.54. The van der Waals surface area contributed by atoms with Gasteiger partial charge in [-0.2, -0.15) is 0 Å². The normalized spacial score (nSPS) is 20.2. The van der Waals surface area contributed by atoms with E-state index in [4.69, 9.17) is 0 Å². The summed E-state index contributed by atoms with van der Waals surface area (Å²) < 4.78 is 0. The number of aryl methyl sites for hydroxylation is 1. The summed E-state index contributed by atoms with van der Waals surface area (Å²) >= 11 is 0. The number of hydrogen-bond donors (Lipinski definition) is 2. The molecule has 1 aromatic carbocycles. The van der Waals surface area contributed by atoms with E-state index >= 15 is 0 Å². The maximum absolute atomic E-state index is 13.0. The van der Waals surface area contributed by atoms with Crippen LogP contribution in [-0.2, 0) is 4.79 Å². The molecule has 5 heteroatoms. The van der Waals surface area contributed by atoms with Gasteiger partial charge in [0.05, 0.1) is 6.10 Å². The minimum atomic E-state index is -0.555. The number of nitrogens with one attached hydrogen (secondary N) is 1. The fourth-order valence-corrected chi connectivity index (χ4v) is 3.33. The summed E-state index contributed by atoms with van der Waals surface area (Å²) in [7, 11) is 0. The molecule has 1 heterocycles. The Hall–Kier alpha value is -1.88. The second kappa shape index (κ2) is 8.48. The predicted molar refractivity (Wildman–Crippen MR) is 98.3 cm³/mol. The first-order valence-corrected chi connectivity index (χ1v) is 9.14. The van der Waals surface area contributed by atoms with Gasteiger partial charge < -0.3 is 15.3 Å². The summed E-state index contributed by atoms with van der Waals surface area (Å²) in [4.78, 5) is 27.3. The van der Waals surface area contributed by atoms with E-state index in [-0.39, 0.29) is 23.7 Å². The smallest absolute Gasteiger partial charge is 0.251 e. The second-order valence-electron chi connectivity index (χ2n) is 7.49. The number of carbonyl (C=O) groups is 2. The molecule has 0 saturated carbocycles. The molecule has 1 aromatic rings. The summed E-state index contributed by atoms with van der Waals surface area (Å²) in [6, 6.07) is 6.80. The molecule has 25 heavy (non-hydrogen) atoms. The first-order valence-electron chi connectivity index (χ1n) is 9.14. The SMILES string of the molecule is Cc1cccc(C(=O)NC(C(=O)N2CCCC(C(C)O)C2)C(C)C)c1. The van der Waals surface area contributed by atoms with Crippen LogP contribution in [0.25, 0.3) is 0 Å². The van der Waals surface area contributed by atoms with Crippen LogP contribution in [0.3, 0.4) is 0 Å². The molecule has 2 amide bonds. The van der Waals surface area contributed by atoms with Crippen molar-refractivity contribution in [2.24, 2.45) is 11.8 Å². The van der Waals surface area contributed by atoms with Gasteiger partial charge in [0.2, 0.25) is 5.91 Å². The lowest BCUT2D eigenvalue weighted by atomic mass is 9.92. The van der Waals surface area contributed by atoms with Crippen molar-refractivity contribution in [1.82, 2.24) is 10.2 Å². The summed E-state index contributed by atoms with van der Waals surface area (Å²) in [5, 5.41) is 12.7. The average Bonchev–Trinajstić information content (AvgIpc) is 2.58. The van der Waals surface area contributed by atoms with Crippen LogP contribution in [-0.4, -0.2) is 47.1 Å². The number of aliphatic hydroxyl groups is 1. The fourth-order valence-electron chi connectivity index (χ4n) is 3.33. The monoisotopic (exact) mass is 346 g/mol. The molecule has 2 rings (SSSR count). The molecule has 138 valence electrons. The molecule has 1 aliphatic rings. The lowest BCUT2D eigenvalue weighted by molar-refractivity contribution is -0.137. The summed E-state index contributed by atoms with van der Waals surface area (Å²) in [5.41, 5.74) is 1.58. The molecule has 1 saturated heterocycles. The third kappa shape index (κ3) is 5.05. The van der Waals surface area contributed by atoms with E-state index in [1.54, 1.807) is 17.9 Å². The van der Waals surface area contributed by atoms with Crippen molar-refractivity contribution < 1.29 is 14.7 Å². The number of amides is 2. The zero-order valence-corrected chi connectivity index (χ0v) is 15.7. The third-order valence-corrected chi connectivity index (χ3v) is 4.95. The van der Waals surface area contributed by atoms with E-state index in [2.05, 4.69) is 5.32 Å². The number of carbonyl (C=O) groups excluding carboxylic acids is 2. The minimum absolute atomic E-state index is 0.00631. The molecule has 3 unspecified atom stereocenters. The highest BCUT2D eigenvalue weighted by molar-refractivity contribution is 5.97. The summed E-state index contributed by atoms with van der Waals surface area (Å²) in [6.45, 7) is 8.83. The molecule has 1 aliphatic heterocycles. The molecular formula is C20H30N2O3. The van der Waals surface area contributed by atoms with Crippen LogP contribution in [0, 0.1) is 18.8 Å². The van der Waals surface area contributed by atoms with Gasteiger partial charge in [-0.25, -0.2) is 0 Å². The van der Waals surface area contributed by atoms with Crippen molar-refractivity contribution in [2.45, 2.75) is 52.7 Å². The topological polar surface area (TPSA) is 69.6 Å². The maximum Gasteiger partial charge on any atom is 0.251 e. The van der Waals surface area contributed by atoms with Crippen LogP contribution in [0.15, 0.2) is 24.3 Å². The van der Waals surface area contributed by atoms with Gasteiger partial charge in [-0.15, -0.1) is 0 Å². The molecular weight excluding hydrogens is 316 g/mol. The van der Waals surface area contributed by atoms with Crippen LogP contribution in [0.5, 0.6) is 0 Å². The van der Waals surface area contributed by atoms with Gasteiger partial charge in [0.25, 0.3) is 5.91 Å². The van der Waals surface area contributed by atoms with Crippen molar-refractivity contribution in [3.63, 3.8) is 0 Å². The largest absolute Gasteiger partial charge is 0.393 e. The molecule has 3 atom stereocenters. The number of aliphatic hydroxyl groups excluding tert-OH is 1. The maximum atomic E-state index is 13.0. The Morgan fingerprint density at radius 3 is 2.60 bits per heavy atom. The van der Waals surface area contributed by atoms with Gasteiger partial charge in [0, 0.05) is 24.6 Å². The number of benzene rings is 1. The Kier molecular flexibility index (Phi) is 6.59. The zero-order valence-electron chi connectivity index (χ0n) is 15.7. The lowest BCUT2D eigenvalue weighted by Gasteiger charge is -2.37. The van der Waals surface area contributed by atoms with E-state index in [0.29, 0.717) is 18.7 Å². The minimum Gasteiger partial charge on any atom is -0.393 e. The summed E-state index contributed by atoms with van der Waals surface area (Å²) in [5.74, 6) is -0.174. The van der Waals surface area contributed by atoms with E-state index in [9.17, 15) is 14.7 Å². The highest BCUT2D eigenvalue weighted by Crippen LogP contribution is 2.21. The Labute approximate surface area is 150 Å². The van der Waals surface area contributed by atoms with Crippen molar-refractivity contribution in [2.75, 3.05) is 13.1 Å². The molecule has 0 bridgehead atoms. The number of piperidine rings is 1. The van der Waals surface area contributed by atoms with Crippen LogP contribution in [0.1, 0.15) is 49.5 Å². The van der Waals surface area contributed by atoms with Crippen LogP contribution in [0.4, 0.5) is 0 Å². The number of hydrogen-bond acceptors (Lipinski definition) is 3. The molecule has 5 nitrogen and oxygen atoms in total. The second-order valence-corrected chi connectivity index (χ2v) is 7.49. The van der Waals surface area contributed by atoms with E-state index in [1.165, 1.54) is 0 Å². The zero-order chi connectivity index (χ0) is 18.6. The van der Waals surface area contributed by atoms with E-state index < -0.39 is 12.1 Å². The van der Waals surface area contributed by atoms with Crippen LogP contribution in [0.2, 0.25) is 0 Å². The third-order valence-electron chi connectivity index (χ3n) is 4.95. The molecule has 1 fully saturated rings. The van der Waals surface area contributed by atoms with E-state index in [1.807, 2.05) is 39.0 Å². The van der Waals surface area contributed by atoms with E-state index in [0.717, 1.165) is 18.4 Å². The Balaban J connectivity index is 2.09. The average molecular weight is 346 g/mol. The predicted octanol–water partition coefficient (Wildman–Crippen LogP) is 2.37. The van der Waals surface area contributed by atoms with Gasteiger partial charge in [0.15, 0.2) is 0 Å². The van der Waals surface area contributed by atoms with Crippen LogP contribution >= 0.6 is 0 Å². The van der Waals surface area contributed by atoms with Crippen molar-refractivity contribution >= 4 is 11.8 Å². The first-order chi connectivity index (χ1) is 11.8. The molecule has 0 radical (unpaired) electrons. The standard InChI is InChI=1S/C20H30N2O3/c1-13(2)18(21-19(24)16-8-5-7-14(3)11-16)20(25)22-10-6-9-17(12-22)15(4)23/h5,7-8,11,13,15,17-18,23H,6,9-10,12H2,1-4H3,(H,21,24). The van der Waals surface area contributed by atoms with Crippen LogP contribution < -0.4 is 5.32 Å².